The zero-order valence-corrected chi connectivity index (χ0v) is 24.3. The Bertz CT molecular complexity index is 2040. The molecule has 1 heterocycles. The van der Waals surface area contributed by atoms with Gasteiger partial charge in [-0.05, 0) is 58.7 Å². The van der Waals surface area contributed by atoms with Gasteiger partial charge in [-0.3, -0.25) is 0 Å². The van der Waals surface area contributed by atoms with Crippen LogP contribution in [0.4, 0.5) is 17.1 Å². The molecule has 0 radical (unpaired) electrons. The van der Waals surface area contributed by atoms with Crippen LogP contribution in [0, 0.1) is 0 Å². The number of fused-ring (bicyclic) bond motifs is 3. The summed E-state index contributed by atoms with van der Waals surface area (Å²) in [5.74, 6) is 0. The Balaban J connectivity index is 1.48. The van der Waals surface area contributed by atoms with E-state index < -0.39 is 0 Å². The van der Waals surface area contributed by atoms with E-state index in [0.29, 0.717) is 4.59 Å². The third-order valence-corrected chi connectivity index (χ3v) is 8.68. The molecule has 1 aromatic heterocycles. The highest BCUT2D eigenvalue weighted by Crippen LogP contribution is 2.49. The Kier molecular flexibility index (Phi) is 6.40. The molecule has 208 valence electrons. The molecule has 8 rings (SSSR count). The molecule has 44 heavy (non-hydrogen) atoms. The second-order valence-electron chi connectivity index (χ2n) is 11.1. The van der Waals surface area contributed by atoms with E-state index in [1.807, 2.05) is 0 Å². The Labute approximate surface area is 257 Å². The lowest BCUT2D eigenvalue weighted by molar-refractivity contribution is 0.446. The van der Waals surface area contributed by atoms with Crippen LogP contribution in [0.5, 0.6) is 0 Å². The molecule has 0 aliphatic rings. The lowest BCUT2D eigenvalue weighted by Gasteiger charge is -2.38. The number of aromatic nitrogens is 1. The summed E-state index contributed by atoms with van der Waals surface area (Å²) < 4.78 is 2.88. The first-order chi connectivity index (χ1) is 21.8. The number of hydrogen-bond donors (Lipinski definition) is 0. The summed E-state index contributed by atoms with van der Waals surface area (Å²) in [6.45, 7) is 0. The fraction of sp³-hybridized carbons (Fsp3) is 0. The topological polar surface area (TPSA) is 4.93 Å². The van der Waals surface area contributed by atoms with Crippen molar-refractivity contribution in [1.82, 2.24) is 9.27 Å². The van der Waals surface area contributed by atoms with E-state index in [-0.39, 0.29) is 0 Å². The average Bonchev–Trinajstić information content (AvgIpc) is 3.45. The number of nitrogens with zero attached hydrogens (tertiary/aromatic N) is 2. The van der Waals surface area contributed by atoms with Gasteiger partial charge in [0.1, 0.15) is 11.0 Å². The summed E-state index contributed by atoms with van der Waals surface area (Å²) in [5, 5.41) is 2.48. The minimum atomic E-state index is 0.374. The third kappa shape index (κ3) is 4.16. The Morgan fingerprint density at radius 2 is 0.591 bits per heavy atom. The molecule has 0 saturated heterocycles. The van der Waals surface area contributed by atoms with Crippen molar-refractivity contribution in [1.29, 1.82) is 0 Å². The van der Waals surface area contributed by atoms with Crippen LogP contribution in [-0.4, -0.2) is 4.68 Å². The maximum atomic E-state index is 2.51. The summed E-state index contributed by atoms with van der Waals surface area (Å²) in [5.41, 5.74) is 10.6. The normalized spacial score (nSPS) is 11.6. The number of para-hydroxylation sites is 3. The molecule has 0 bridgehead atoms. The first-order valence-corrected chi connectivity index (χ1v) is 15.1. The highest BCUT2D eigenvalue weighted by molar-refractivity contribution is 6.09. The van der Waals surface area contributed by atoms with Gasteiger partial charge in [0.2, 0.25) is 0 Å². The molecule has 0 saturated carbocycles. The van der Waals surface area contributed by atoms with Crippen molar-refractivity contribution in [2.24, 2.45) is 0 Å². The zero-order valence-electron chi connectivity index (χ0n) is 24.3. The van der Waals surface area contributed by atoms with Crippen LogP contribution in [0.15, 0.2) is 188 Å². The van der Waals surface area contributed by atoms with Gasteiger partial charge < -0.3 is 0 Å². The van der Waals surface area contributed by atoms with Crippen molar-refractivity contribution in [3.63, 3.8) is 0 Å². The number of rotatable bonds is 6. The monoisotopic (exact) mass is 563 g/mol. The van der Waals surface area contributed by atoms with E-state index in [0.717, 1.165) is 17.1 Å². The van der Waals surface area contributed by atoms with Gasteiger partial charge in [0.25, 0.3) is 0 Å². The number of quaternary nitrogens is 1. The molecule has 2 heteroatoms. The zero-order chi connectivity index (χ0) is 29.3. The minimum Gasteiger partial charge on any atom is -0.176 e. The van der Waals surface area contributed by atoms with Crippen LogP contribution < -0.4 is 4.59 Å². The predicted octanol–water partition coefficient (Wildman–Crippen LogP) is 11.6. The summed E-state index contributed by atoms with van der Waals surface area (Å²) >= 11 is 0. The highest BCUT2D eigenvalue weighted by atomic mass is 15.7. The highest BCUT2D eigenvalue weighted by Gasteiger charge is 2.41. The first-order valence-electron chi connectivity index (χ1n) is 15.1. The molecule has 0 atom stereocenters. The molecule has 2 nitrogen and oxygen atoms in total. The van der Waals surface area contributed by atoms with Crippen LogP contribution in [-0.2, 0) is 0 Å². The van der Waals surface area contributed by atoms with Crippen LogP contribution in [0.3, 0.4) is 0 Å². The van der Waals surface area contributed by atoms with Gasteiger partial charge in [0.15, 0.2) is 17.1 Å². The molecule has 0 fully saturated rings. The van der Waals surface area contributed by atoms with E-state index in [2.05, 4.69) is 193 Å². The smallest absolute Gasteiger partial charge is 0.168 e. The summed E-state index contributed by atoms with van der Waals surface area (Å²) in [7, 11) is 0. The Morgan fingerprint density at radius 3 is 1.02 bits per heavy atom. The number of hydrogen-bond acceptors (Lipinski definition) is 0. The van der Waals surface area contributed by atoms with E-state index in [1.165, 1.54) is 44.1 Å². The van der Waals surface area contributed by atoms with Gasteiger partial charge in [-0.2, -0.15) is 4.68 Å². The summed E-state index contributed by atoms with van der Waals surface area (Å²) in [6, 6.07) is 67.9. The molecule has 0 aliphatic heterocycles. The quantitative estimate of drug-likeness (QED) is 0.177. The van der Waals surface area contributed by atoms with Crippen molar-refractivity contribution in [2.75, 3.05) is 0 Å². The van der Waals surface area contributed by atoms with Gasteiger partial charge in [-0.25, -0.2) is 0 Å². The molecule has 0 spiro atoms. The maximum Gasteiger partial charge on any atom is 0.168 e. The van der Waals surface area contributed by atoms with Gasteiger partial charge >= 0.3 is 0 Å². The minimum absolute atomic E-state index is 0.374. The van der Waals surface area contributed by atoms with E-state index in [9.17, 15) is 0 Å². The lowest BCUT2D eigenvalue weighted by Crippen LogP contribution is -2.44. The van der Waals surface area contributed by atoms with Gasteiger partial charge in [-0.15, -0.1) is 4.59 Å². The fourth-order valence-electron chi connectivity index (χ4n) is 6.66. The molecule has 0 unspecified atom stereocenters. The molecule has 7 aromatic carbocycles. The third-order valence-electron chi connectivity index (χ3n) is 8.68. The largest absolute Gasteiger partial charge is 0.176 e. The van der Waals surface area contributed by atoms with Crippen LogP contribution in [0.2, 0.25) is 0 Å². The first kappa shape index (κ1) is 26.0. The average molecular weight is 564 g/mol. The second-order valence-corrected chi connectivity index (χ2v) is 11.1. The van der Waals surface area contributed by atoms with Gasteiger partial charge in [-0.1, -0.05) is 115 Å². The maximum absolute atomic E-state index is 2.51. The van der Waals surface area contributed by atoms with E-state index in [1.54, 1.807) is 0 Å². The van der Waals surface area contributed by atoms with Crippen molar-refractivity contribution in [3.05, 3.63) is 188 Å². The standard InChI is InChI=1S/C42H31N2/c1-4-14-32(15-5-1)34-24-28-37(29-25-34)44(36-18-8-3-9-19-36,38-30-26-35(27-31-38)33-16-6-2-7-17-33)43-41-22-12-10-20-39(41)40-21-11-13-23-42(40)43/h1-31H/q+1. The van der Waals surface area contributed by atoms with Gasteiger partial charge in [0.05, 0.1) is 0 Å². The van der Waals surface area contributed by atoms with Crippen LogP contribution in [0.1, 0.15) is 0 Å². The lowest BCUT2D eigenvalue weighted by atomic mass is 10.0. The summed E-state index contributed by atoms with van der Waals surface area (Å²) in [4.78, 5) is 0. The fourth-order valence-corrected chi connectivity index (χ4v) is 6.66. The Hall–Kier alpha value is -5.70. The van der Waals surface area contributed by atoms with Gasteiger partial charge in [0, 0.05) is 47.2 Å². The van der Waals surface area contributed by atoms with Crippen LogP contribution in [0.25, 0.3) is 44.1 Å². The second kappa shape index (κ2) is 10.9. The number of benzene rings is 7. The molecular formula is C42H31N2+. The van der Waals surface area contributed by atoms with Crippen molar-refractivity contribution >= 4 is 38.9 Å². The summed E-state index contributed by atoms with van der Waals surface area (Å²) in [6.07, 6.45) is 0. The van der Waals surface area contributed by atoms with Crippen molar-refractivity contribution < 1.29 is 0 Å². The molecule has 0 N–H and O–H groups in total. The van der Waals surface area contributed by atoms with E-state index in [4.69, 9.17) is 0 Å². The SMILES string of the molecule is c1ccc(-c2ccc([N+](c3ccccc3)(c3ccc(-c4ccccc4)cc3)n3c4ccccc4c4ccccc43)cc2)cc1. The molecular weight excluding hydrogens is 532 g/mol. The molecule has 0 amide bonds. The van der Waals surface area contributed by atoms with Crippen molar-refractivity contribution in [2.45, 2.75) is 0 Å². The van der Waals surface area contributed by atoms with E-state index >= 15 is 0 Å². The van der Waals surface area contributed by atoms with Crippen molar-refractivity contribution in [3.8, 4) is 22.3 Å². The Morgan fingerprint density at radius 1 is 0.273 bits per heavy atom. The van der Waals surface area contributed by atoms with Crippen LogP contribution >= 0.6 is 0 Å². The predicted molar refractivity (Wildman–Crippen MR) is 186 cm³/mol. The molecule has 8 aromatic rings. The molecule has 0 aliphatic carbocycles.